The Hall–Kier alpha value is -0.220. The van der Waals surface area contributed by atoms with Gasteiger partial charge < -0.3 is 10.4 Å². The molecule has 1 fully saturated rings. The molecule has 0 bridgehead atoms. The number of carboxylic acid groups (broad SMARTS) is 1. The molecule has 0 spiro atoms. The van der Waals surface area contributed by atoms with Gasteiger partial charge in [-0.25, -0.2) is 0 Å². The van der Waals surface area contributed by atoms with Crippen molar-refractivity contribution >= 4 is 17.7 Å². The first-order valence-corrected chi connectivity index (χ1v) is 4.52. The Balaban J connectivity index is 2.35. The van der Waals surface area contributed by atoms with E-state index in [-0.39, 0.29) is 6.04 Å². The van der Waals surface area contributed by atoms with Crippen LogP contribution in [0.3, 0.4) is 0 Å². The quantitative estimate of drug-likeness (QED) is 0.606. The number of nitrogens with one attached hydrogen (secondary N) is 1. The third-order valence-corrected chi connectivity index (χ3v) is 2.75. The lowest BCUT2D eigenvalue weighted by molar-refractivity contribution is -0.139. The molecule has 0 aromatic heterocycles. The molecule has 0 radical (unpaired) electrons. The van der Waals surface area contributed by atoms with Crippen LogP contribution >= 0.6 is 11.8 Å². The highest BCUT2D eigenvalue weighted by Gasteiger charge is 2.27. The Bertz CT molecular complexity index is 140. The lowest BCUT2D eigenvalue weighted by Gasteiger charge is -2.01. The molecule has 0 aromatic rings. The van der Waals surface area contributed by atoms with Crippen LogP contribution < -0.4 is 5.32 Å². The average Bonchev–Trinajstić information content (AvgIpc) is 2.34. The summed E-state index contributed by atoms with van der Waals surface area (Å²) in [7, 11) is 0. The molecule has 1 aliphatic rings. The van der Waals surface area contributed by atoms with Crippen molar-refractivity contribution in [2.24, 2.45) is 0 Å². The fraction of sp³-hybridized carbons (Fsp3) is 0.833. The molecule has 0 aromatic carbocycles. The van der Waals surface area contributed by atoms with Crippen molar-refractivity contribution in [2.45, 2.75) is 17.7 Å². The van der Waals surface area contributed by atoms with Crippen molar-refractivity contribution in [1.29, 1.82) is 0 Å². The van der Waals surface area contributed by atoms with E-state index >= 15 is 0 Å². The first kappa shape index (κ1) is 7.88. The second kappa shape index (κ2) is 3.25. The maximum Gasteiger partial charge on any atom is 0.320 e. The number of carbonyl (C=O) groups is 1. The lowest BCUT2D eigenvalue weighted by atomic mass is 10.2. The predicted molar refractivity (Wildman–Crippen MR) is 41.3 cm³/mol. The molecule has 2 N–H and O–H groups in total. The van der Waals surface area contributed by atoms with Gasteiger partial charge in [0.1, 0.15) is 6.04 Å². The van der Waals surface area contributed by atoms with Gasteiger partial charge in [-0.2, -0.15) is 11.8 Å². The molecule has 1 unspecified atom stereocenters. The summed E-state index contributed by atoms with van der Waals surface area (Å²) in [5, 5.41) is 12.0. The van der Waals surface area contributed by atoms with Gasteiger partial charge in [0.05, 0.1) is 0 Å². The van der Waals surface area contributed by atoms with Gasteiger partial charge in [0.2, 0.25) is 0 Å². The van der Waals surface area contributed by atoms with Crippen LogP contribution in [0.4, 0.5) is 0 Å². The second-order valence-corrected chi connectivity index (χ2v) is 3.53. The molecule has 10 heavy (non-hydrogen) atoms. The minimum absolute atomic E-state index is 0.308. The summed E-state index contributed by atoms with van der Waals surface area (Å²) in [5.41, 5.74) is 0. The highest BCUT2D eigenvalue weighted by Crippen LogP contribution is 2.17. The van der Waals surface area contributed by atoms with E-state index in [0.29, 0.717) is 5.25 Å². The van der Waals surface area contributed by atoms with Crippen molar-refractivity contribution in [2.75, 3.05) is 12.8 Å². The molecule has 0 saturated carbocycles. The molecule has 3 nitrogen and oxygen atoms in total. The molecule has 58 valence electrons. The van der Waals surface area contributed by atoms with E-state index in [1.807, 2.05) is 6.26 Å². The molecule has 1 rings (SSSR count). The minimum atomic E-state index is -0.725. The Morgan fingerprint density at radius 3 is 2.80 bits per heavy atom. The van der Waals surface area contributed by atoms with Gasteiger partial charge in [0.25, 0.3) is 0 Å². The SMILES string of the molecule is CSC1CN[C@H](C(=O)O)C1. The monoisotopic (exact) mass is 161 g/mol. The number of hydrogen-bond donors (Lipinski definition) is 2. The number of aliphatic carboxylic acids is 1. The molecule has 0 amide bonds. The molecular formula is C6H11NO2S. The van der Waals surface area contributed by atoms with E-state index in [2.05, 4.69) is 5.32 Å². The number of hydrogen-bond acceptors (Lipinski definition) is 3. The van der Waals surface area contributed by atoms with Gasteiger partial charge in [0.15, 0.2) is 0 Å². The van der Waals surface area contributed by atoms with Gasteiger partial charge in [-0.15, -0.1) is 0 Å². The summed E-state index contributed by atoms with van der Waals surface area (Å²) >= 11 is 1.73. The third-order valence-electron chi connectivity index (χ3n) is 1.72. The Morgan fingerprint density at radius 2 is 2.50 bits per heavy atom. The number of carboxylic acids is 1. The van der Waals surface area contributed by atoms with Crippen LogP contribution in [0.1, 0.15) is 6.42 Å². The van der Waals surface area contributed by atoms with Gasteiger partial charge in [-0.1, -0.05) is 0 Å². The molecule has 1 heterocycles. The van der Waals surface area contributed by atoms with Crippen molar-refractivity contribution < 1.29 is 9.90 Å². The van der Waals surface area contributed by atoms with Gasteiger partial charge in [-0.05, 0) is 12.7 Å². The minimum Gasteiger partial charge on any atom is -0.480 e. The molecule has 1 saturated heterocycles. The first-order chi connectivity index (χ1) is 4.74. The van der Waals surface area contributed by atoms with Crippen LogP contribution in [0.2, 0.25) is 0 Å². The summed E-state index contributed by atoms with van der Waals surface area (Å²) in [4.78, 5) is 10.4. The number of thioether (sulfide) groups is 1. The van der Waals surface area contributed by atoms with Crippen molar-refractivity contribution in [3.05, 3.63) is 0 Å². The van der Waals surface area contributed by atoms with E-state index in [1.54, 1.807) is 11.8 Å². The molecule has 4 heteroatoms. The van der Waals surface area contributed by atoms with Crippen molar-refractivity contribution in [3.63, 3.8) is 0 Å². The Morgan fingerprint density at radius 1 is 1.80 bits per heavy atom. The fourth-order valence-electron chi connectivity index (χ4n) is 1.07. The van der Waals surface area contributed by atoms with Crippen LogP contribution in [0.25, 0.3) is 0 Å². The second-order valence-electron chi connectivity index (χ2n) is 2.39. The molecule has 1 aliphatic heterocycles. The maximum absolute atomic E-state index is 10.4. The summed E-state index contributed by atoms with van der Waals surface area (Å²) < 4.78 is 0. The summed E-state index contributed by atoms with van der Waals surface area (Å²) in [6, 6.07) is -0.308. The fourth-order valence-corrected chi connectivity index (χ4v) is 1.72. The zero-order chi connectivity index (χ0) is 7.56. The average molecular weight is 161 g/mol. The Labute approximate surface area is 64.2 Å². The highest BCUT2D eigenvalue weighted by molar-refractivity contribution is 7.99. The van der Waals surface area contributed by atoms with Gasteiger partial charge in [-0.3, -0.25) is 4.79 Å². The smallest absolute Gasteiger partial charge is 0.320 e. The van der Waals surface area contributed by atoms with E-state index in [1.165, 1.54) is 0 Å². The lowest BCUT2D eigenvalue weighted by Crippen LogP contribution is -2.29. The molecule has 0 aliphatic carbocycles. The van der Waals surface area contributed by atoms with Crippen LogP contribution in [-0.4, -0.2) is 35.2 Å². The van der Waals surface area contributed by atoms with E-state index < -0.39 is 5.97 Å². The molecular weight excluding hydrogens is 150 g/mol. The van der Waals surface area contributed by atoms with Crippen LogP contribution in [-0.2, 0) is 4.79 Å². The topological polar surface area (TPSA) is 49.3 Å². The summed E-state index contributed by atoms with van der Waals surface area (Å²) in [6.45, 7) is 0.831. The van der Waals surface area contributed by atoms with E-state index in [4.69, 9.17) is 5.11 Å². The largest absolute Gasteiger partial charge is 0.480 e. The summed E-state index contributed by atoms with van der Waals surface area (Å²) in [5.74, 6) is -0.725. The van der Waals surface area contributed by atoms with Crippen LogP contribution in [0.15, 0.2) is 0 Å². The maximum atomic E-state index is 10.4. The summed E-state index contributed by atoms with van der Waals surface area (Å²) in [6.07, 6.45) is 2.77. The van der Waals surface area contributed by atoms with Crippen molar-refractivity contribution in [1.82, 2.24) is 5.32 Å². The van der Waals surface area contributed by atoms with E-state index in [9.17, 15) is 4.79 Å². The number of rotatable bonds is 2. The standard InChI is InChI=1S/C6H11NO2S/c1-10-4-2-5(6(8)9)7-3-4/h4-5,7H,2-3H2,1H3,(H,8,9)/t4?,5-/m0/s1. The van der Waals surface area contributed by atoms with Gasteiger partial charge in [0, 0.05) is 11.8 Å². The van der Waals surface area contributed by atoms with E-state index in [0.717, 1.165) is 13.0 Å². The van der Waals surface area contributed by atoms with Crippen LogP contribution in [0.5, 0.6) is 0 Å². The highest BCUT2D eigenvalue weighted by atomic mass is 32.2. The zero-order valence-electron chi connectivity index (χ0n) is 5.83. The van der Waals surface area contributed by atoms with Gasteiger partial charge >= 0.3 is 5.97 Å². The first-order valence-electron chi connectivity index (χ1n) is 3.23. The normalized spacial score (nSPS) is 32.5. The Kier molecular flexibility index (Phi) is 2.56. The molecule has 2 atom stereocenters. The van der Waals surface area contributed by atoms with Crippen molar-refractivity contribution in [3.8, 4) is 0 Å². The predicted octanol–water partition coefficient (Wildman–Crippen LogP) is 0.164. The third kappa shape index (κ3) is 1.64. The van der Waals surface area contributed by atoms with Crippen LogP contribution in [0, 0.1) is 0 Å². The zero-order valence-corrected chi connectivity index (χ0v) is 6.65.